The molecule has 2 heterocycles. The Labute approximate surface area is 187 Å². The number of rotatable bonds is 8. The van der Waals surface area contributed by atoms with Crippen LogP contribution in [-0.4, -0.2) is 115 Å². The van der Waals surface area contributed by atoms with Crippen LogP contribution >= 0.6 is 0 Å². The SMILES string of the molecule is O=[N+]([O-])c1ccc(COC[C@H]2O[C@@H](O)[C@H](O[C@@H]3O[C@H](CO)[C@H](O)[C@H](O)[C@H]3O)[C@@H](O)[C@@H]2O)cc1. The van der Waals surface area contributed by atoms with E-state index in [1.807, 2.05) is 0 Å². The first kappa shape index (κ1) is 25.8. The third kappa shape index (κ3) is 5.82. The highest BCUT2D eigenvalue weighted by atomic mass is 16.7. The lowest BCUT2D eigenvalue weighted by molar-refractivity contribution is -0.384. The summed E-state index contributed by atoms with van der Waals surface area (Å²) in [7, 11) is 0. The van der Waals surface area contributed by atoms with Gasteiger partial charge in [0.25, 0.3) is 5.69 Å². The Balaban J connectivity index is 1.54. The Morgan fingerprint density at radius 2 is 1.52 bits per heavy atom. The molecule has 2 saturated heterocycles. The van der Waals surface area contributed by atoms with Crippen LogP contribution < -0.4 is 0 Å². The van der Waals surface area contributed by atoms with Crippen LogP contribution in [0.15, 0.2) is 24.3 Å². The molecular formula is C19H27NO13. The molecule has 0 amide bonds. The third-order valence-corrected chi connectivity index (χ3v) is 5.50. The van der Waals surface area contributed by atoms with Crippen molar-refractivity contribution < 1.29 is 59.6 Å². The molecule has 0 aliphatic carbocycles. The van der Waals surface area contributed by atoms with Crippen molar-refractivity contribution in [2.24, 2.45) is 0 Å². The molecule has 2 aliphatic heterocycles. The normalized spacial score (nSPS) is 39.4. The lowest BCUT2D eigenvalue weighted by Gasteiger charge is -2.45. The summed E-state index contributed by atoms with van der Waals surface area (Å²) < 4.78 is 21.1. The predicted molar refractivity (Wildman–Crippen MR) is 104 cm³/mol. The second-order valence-corrected chi connectivity index (χ2v) is 7.78. The smallest absolute Gasteiger partial charge is 0.269 e. The number of non-ortho nitro benzene ring substituents is 1. The minimum absolute atomic E-state index is 0.0154. The molecule has 14 nitrogen and oxygen atoms in total. The topological polar surface area (TPSA) is 222 Å². The van der Waals surface area contributed by atoms with Gasteiger partial charge >= 0.3 is 0 Å². The minimum atomic E-state index is -1.79. The van der Waals surface area contributed by atoms with Crippen molar-refractivity contribution in [2.45, 2.75) is 68.0 Å². The predicted octanol–water partition coefficient (Wildman–Crippen LogP) is -3.26. The second kappa shape index (κ2) is 11.1. The Morgan fingerprint density at radius 1 is 0.879 bits per heavy atom. The molecule has 0 unspecified atom stereocenters. The monoisotopic (exact) mass is 477 g/mol. The molecule has 0 spiro atoms. The minimum Gasteiger partial charge on any atom is -0.394 e. The molecule has 0 saturated carbocycles. The zero-order valence-electron chi connectivity index (χ0n) is 17.2. The summed E-state index contributed by atoms with van der Waals surface area (Å²) >= 11 is 0. The van der Waals surface area contributed by atoms with Gasteiger partial charge in [0, 0.05) is 12.1 Å². The number of nitro benzene ring substituents is 1. The van der Waals surface area contributed by atoms with Gasteiger partial charge in [0.1, 0.15) is 48.8 Å². The van der Waals surface area contributed by atoms with Gasteiger partial charge in [-0.15, -0.1) is 0 Å². The van der Waals surface area contributed by atoms with Crippen LogP contribution in [-0.2, 0) is 25.6 Å². The van der Waals surface area contributed by atoms with Crippen LogP contribution in [0.5, 0.6) is 0 Å². The van der Waals surface area contributed by atoms with E-state index in [-0.39, 0.29) is 18.9 Å². The molecule has 1 aromatic rings. The number of benzene rings is 1. The Morgan fingerprint density at radius 3 is 2.12 bits per heavy atom. The maximum atomic E-state index is 10.7. The molecule has 186 valence electrons. The number of nitro groups is 1. The van der Waals surface area contributed by atoms with Crippen LogP contribution in [0, 0.1) is 10.1 Å². The first-order chi connectivity index (χ1) is 15.6. The lowest BCUT2D eigenvalue weighted by Crippen LogP contribution is -2.64. The van der Waals surface area contributed by atoms with Crippen LogP contribution in [0.4, 0.5) is 5.69 Å². The number of nitrogens with zero attached hydrogens (tertiary/aromatic N) is 1. The molecule has 1 aromatic carbocycles. The maximum Gasteiger partial charge on any atom is 0.269 e. The highest BCUT2D eigenvalue weighted by molar-refractivity contribution is 5.32. The van der Waals surface area contributed by atoms with Crippen molar-refractivity contribution in [3.05, 3.63) is 39.9 Å². The molecule has 7 N–H and O–H groups in total. The van der Waals surface area contributed by atoms with Crippen LogP contribution in [0.1, 0.15) is 5.56 Å². The molecular weight excluding hydrogens is 450 g/mol. The van der Waals surface area contributed by atoms with Gasteiger partial charge in [0.2, 0.25) is 0 Å². The largest absolute Gasteiger partial charge is 0.394 e. The number of hydrogen-bond donors (Lipinski definition) is 7. The first-order valence-corrected chi connectivity index (χ1v) is 10.1. The van der Waals surface area contributed by atoms with E-state index in [9.17, 15) is 45.9 Å². The summed E-state index contributed by atoms with van der Waals surface area (Å²) in [6.07, 6.45) is -15.9. The molecule has 0 radical (unpaired) electrons. The van der Waals surface area contributed by atoms with Crippen molar-refractivity contribution in [1.82, 2.24) is 0 Å². The highest BCUT2D eigenvalue weighted by Gasteiger charge is 2.50. The molecule has 2 fully saturated rings. The summed E-state index contributed by atoms with van der Waals surface area (Å²) in [5.41, 5.74) is 0.525. The van der Waals surface area contributed by atoms with E-state index in [1.54, 1.807) is 0 Å². The molecule has 33 heavy (non-hydrogen) atoms. The Hall–Kier alpha value is -1.82. The van der Waals surface area contributed by atoms with E-state index in [4.69, 9.17) is 18.9 Å². The van der Waals surface area contributed by atoms with Crippen molar-refractivity contribution in [3.8, 4) is 0 Å². The Kier molecular flexibility index (Phi) is 8.65. The quantitative estimate of drug-likeness (QED) is 0.144. The lowest BCUT2D eigenvalue weighted by atomic mass is 9.97. The number of hydrogen-bond acceptors (Lipinski definition) is 13. The van der Waals surface area contributed by atoms with Crippen molar-refractivity contribution >= 4 is 5.69 Å². The third-order valence-electron chi connectivity index (χ3n) is 5.50. The van der Waals surface area contributed by atoms with Gasteiger partial charge < -0.3 is 54.7 Å². The van der Waals surface area contributed by atoms with Gasteiger partial charge in [0.15, 0.2) is 12.6 Å². The van der Waals surface area contributed by atoms with Crippen LogP contribution in [0.2, 0.25) is 0 Å². The van der Waals surface area contributed by atoms with E-state index in [2.05, 4.69) is 0 Å². The number of aliphatic hydroxyl groups excluding tert-OH is 7. The standard InChI is InChI=1S/C19H27NO13/c21-5-10-12(22)14(24)16(26)19(32-10)33-17-15(25)13(23)11(31-18(17)27)7-30-6-8-1-3-9(4-2-8)20(28)29/h1-4,10-19,21-27H,5-7H2/t10-,11-,12+,13-,14+,15+,16-,17-,18-,19+/m1/s1. The Bertz CT molecular complexity index is 777. The molecule has 3 rings (SSSR count). The van der Waals surface area contributed by atoms with E-state index >= 15 is 0 Å². The van der Waals surface area contributed by atoms with E-state index in [0.717, 1.165) is 0 Å². The van der Waals surface area contributed by atoms with Gasteiger partial charge in [0.05, 0.1) is 24.7 Å². The first-order valence-electron chi connectivity index (χ1n) is 10.1. The number of aliphatic hydroxyl groups is 7. The summed E-state index contributed by atoms with van der Waals surface area (Å²) in [4.78, 5) is 10.1. The van der Waals surface area contributed by atoms with E-state index < -0.39 is 72.9 Å². The van der Waals surface area contributed by atoms with Gasteiger partial charge in [-0.3, -0.25) is 10.1 Å². The van der Waals surface area contributed by atoms with Gasteiger partial charge in [-0.2, -0.15) is 0 Å². The van der Waals surface area contributed by atoms with Gasteiger partial charge in [-0.05, 0) is 17.7 Å². The zero-order chi connectivity index (χ0) is 24.3. The maximum absolute atomic E-state index is 10.7. The summed E-state index contributed by atoms with van der Waals surface area (Å²) in [5, 5.41) is 80.6. The van der Waals surface area contributed by atoms with Crippen LogP contribution in [0.3, 0.4) is 0 Å². The van der Waals surface area contributed by atoms with Crippen molar-refractivity contribution in [2.75, 3.05) is 13.2 Å². The van der Waals surface area contributed by atoms with Gasteiger partial charge in [-0.1, -0.05) is 0 Å². The highest BCUT2D eigenvalue weighted by Crippen LogP contribution is 2.28. The van der Waals surface area contributed by atoms with E-state index in [0.29, 0.717) is 5.56 Å². The fourth-order valence-electron chi connectivity index (χ4n) is 3.55. The second-order valence-electron chi connectivity index (χ2n) is 7.78. The molecule has 2 aliphatic rings. The molecule has 0 aromatic heterocycles. The van der Waals surface area contributed by atoms with E-state index in [1.165, 1.54) is 24.3 Å². The zero-order valence-corrected chi connectivity index (χ0v) is 17.2. The molecule has 0 bridgehead atoms. The summed E-state index contributed by atoms with van der Waals surface area (Å²) in [6, 6.07) is 5.59. The molecule has 10 atom stereocenters. The summed E-state index contributed by atoms with van der Waals surface area (Å²) in [6.45, 7) is -0.936. The van der Waals surface area contributed by atoms with Gasteiger partial charge in [-0.25, -0.2) is 0 Å². The van der Waals surface area contributed by atoms with Crippen LogP contribution in [0.25, 0.3) is 0 Å². The number of ether oxygens (including phenoxy) is 4. The fraction of sp³-hybridized carbons (Fsp3) is 0.684. The van der Waals surface area contributed by atoms with Crippen molar-refractivity contribution in [1.29, 1.82) is 0 Å². The average molecular weight is 477 g/mol. The molecule has 14 heteroatoms. The summed E-state index contributed by atoms with van der Waals surface area (Å²) in [5.74, 6) is 0. The fourth-order valence-corrected chi connectivity index (χ4v) is 3.55. The van der Waals surface area contributed by atoms with Crippen molar-refractivity contribution in [3.63, 3.8) is 0 Å². The average Bonchev–Trinajstić information content (AvgIpc) is 2.80.